The number of alkyl halides is 1. The van der Waals surface area contributed by atoms with Gasteiger partial charge in [0.2, 0.25) is 0 Å². The molecule has 0 fully saturated rings. The molecule has 0 unspecified atom stereocenters. The molecule has 0 aromatic carbocycles. The van der Waals surface area contributed by atoms with E-state index in [9.17, 15) is 4.79 Å². The van der Waals surface area contributed by atoms with Crippen molar-refractivity contribution >= 4 is 30.2 Å². The molecule has 0 rings (SSSR count). The smallest absolute Gasteiger partial charge is 0.468 e. The third-order valence-corrected chi connectivity index (χ3v) is 0.995. The molecule has 0 aliphatic carbocycles. The normalized spacial score (nSPS) is 9.50. The Hall–Kier alpha value is -0.0300. The summed E-state index contributed by atoms with van der Waals surface area (Å²) in [5.41, 5.74) is 0. The minimum Gasteiger partial charge on any atom is -0.468 e. The van der Waals surface area contributed by atoms with Crippen molar-refractivity contribution in [1.82, 2.24) is 0 Å². The molecule has 0 atom stereocenters. The van der Waals surface area contributed by atoms with Gasteiger partial charge in [0.1, 0.15) is 4.32 Å². The van der Waals surface area contributed by atoms with E-state index in [1.54, 1.807) is 13.8 Å². The number of carbonyl (C=O) groups excluding carboxylic acids is 1. The molecule has 0 aliphatic rings. The van der Waals surface area contributed by atoms with Crippen LogP contribution in [0.15, 0.2) is 0 Å². The van der Waals surface area contributed by atoms with Gasteiger partial charge in [-0.25, -0.2) is 0 Å². The summed E-state index contributed by atoms with van der Waals surface area (Å²) in [6.07, 6.45) is 0. The third-order valence-electron chi connectivity index (χ3n) is 0.671. The van der Waals surface area contributed by atoms with E-state index in [4.69, 9.17) is 14.4 Å². The summed E-state index contributed by atoms with van der Waals surface area (Å²) in [7, 11) is -1.50. The second-order valence-electron chi connectivity index (χ2n) is 2.22. The van der Waals surface area contributed by atoms with Crippen LogP contribution in [-0.2, 0) is 14.1 Å². The van der Waals surface area contributed by atoms with Crippen molar-refractivity contribution in [2.24, 2.45) is 0 Å². The van der Waals surface area contributed by atoms with E-state index in [1.165, 1.54) is 7.11 Å². The highest BCUT2D eigenvalue weighted by molar-refractivity contribution is 9.10. The first-order valence-electron chi connectivity index (χ1n) is 2.84. The molecule has 0 aromatic rings. The highest BCUT2D eigenvalue weighted by Gasteiger charge is 2.23. The first-order valence-corrected chi connectivity index (χ1v) is 4.80. The van der Waals surface area contributed by atoms with Crippen LogP contribution in [0, 0.1) is 0 Å². The highest BCUT2D eigenvalue weighted by Crippen LogP contribution is 2.16. The number of rotatable bonds is 1. The van der Waals surface area contributed by atoms with Crippen molar-refractivity contribution in [1.29, 1.82) is 0 Å². The lowest BCUT2D eigenvalue weighted by molar-refractivity contribution is -0.142. The summed E-state index contributed by atoms with van der Waals surface area (Å²) in [5.74, 6) is -0.252. The third kappa shape index (κ3) is 12.6. The van der Waals surface area contributed by atoms with Gasteiger partial charge in [-0.2, -0.15) is 0 Å². The van der Waals surface area contributed by atoms with Crippen LogP contribution in [0.1, 0.15) is 13.8 Å². The molecule has 0 heterocycles. The average Bonchev–Trinajstić information content (AvgIpc) is 1.82. The van der Waals surface area contributed by atoms with Crippen LogP contribution in [0.3, 0.4) is 0 Å². The zero-order chi connectivity index (χ0) is 10.4. The maximum Gasteiger partial charge on any atom is 0.692 e. The lowest BCUT2D eigenvalue weighted by Gasteiger charge is -2.10. The molecule has 0 saturated heterocycles. The van der Waals surface area contributed by atoms with Gasteiger partial charge in [0, 0.05) is 4.57 Å². The Morgan fingerprint density at radius 1 is 1.50 bits per heavy atom. The van der Waals surface area contributed by atoms with E-state index in [-0.39, 0.29) is 5.97 Å². The van der Waals surface area contributed by atoms with Gasteiger partial charge in [-0.1, -0.05) is 15.9 Å². The molecule has 5 nitrogen and oxygen atoms in total. The molecule has 0 spiro atoms. The predicted octanol–water partition coefficient (Wildman–Crippen LogP) is 0.961. The summed E-state index contributed by atoms with van der Waals surface area (Å²) in [5, 5.41) is 0. The van der Waals surface area contributed by atoms with Crippen molar-refractivity contribution in [2.75, 3.05) is 7.11 Å². The number of carbonyl (C=O) groups is 1. The minimum atomic E-state index is -2.87. The fraction of sp³-hybridized carbons (Fsp3) is 0.800. The fourth-order valence-corrected chi connectivity index (χ4v) is 0.405. The van der Waals surface area contributed by atoms with Crippen molar-refractivity contribution in [2.45, 2.75) is 18.2 Å². The van der Waals surface area contributed by atoms with E-state index < -0.39 is 12.6 Å². The summed E-state index contributed by atoms with van der Waals surface area (Å²) in [6, 6.07) is 0. The Morgan fingerprint density at radius 2 is 1.75 bits per heavy atom. The molecule has 0 aromatic heterocycles. The van der Waals surface area contributed by atoms with E-state index in [2.05, 4.69) is 20.7 Å². The van der Waals surface area contributed by atoms with E-state index >= 15 is 0 Å². The molecular formula is C5H11BrO5P+. The Kier molecular flexibility index (Phi) is 7.83. The van der Waals surface area contributed by atoms with Gasteiger partial charge in [-0.3, -0.25) is 4.79 Å². The average molecular weight is 262 g/mol. The number of halogens is 1. The standard InChI is InChI=1S/C5H9BrO2.HO3P/c1-5(2,6)4(7)8-3;1-4(2)3/h1-3H3;(H-,1,2,3)/p+1. The van der Waals surface area contributed by atoms with Crippen LogP contribution in [-0.4, -0.2) is 27.2 Å². The van der Waals surface area contributed by atoms with Gasteiger partial charge in [-0.15, -0.1) is 9.79 Å². The molecule has 7 heteroatoms. The Morgan fingerprint density at radius 3 is 1.75 bits per heavy atom. The van der Waals surface area contributed by atoms with E-state index in [1.807, 2.05) is 0 Å². The van der Waals surface area contributed by atoms with Gasteiger partial charge in [0.05, 0.1) is 7.11 Å². The number of esters is 1. The molecule has 72 valence electrons. The van der Waals surface area contributed by atoms with Crippen LogP contribution in [0.4, 0.5) is 0 Å². The molecule has 0 aliphatic heterocycles. The molecule has 2 N–H and O–H groups in total. The van der Waals surface area contributed by atoms with Crippen molar-refractivity contribution in [3.8, 4) is 0 Å². The van der Waals surface area contributed by atoms with Gasteiger partial charge in [-0.05, 0) is 13.8 Å². The number of ether oxygens (including phenoxy) is 1. The zero-order valence-electron chi connectivity index (χ0n) is 6.94. The topological polar surface area (TPSA) is 83.8 Å². The Labute approximate surface area is 79.8 Å². The fourth-order valence-electron chi connectivity index (χ4n) is 0.243. The monoisotopic (exact) mass is 261 g/mol. The first kappa shape index (κ1) is 14.5. The number of hydrogen-bond acceptors (Lipinski definition) is 3. The summed E-state index contributed by atoms with van der Waals surface area (Å²) < 4.78 is 12.6. The number of hydrogen-bond donors (Lipinski definition) is 2. The van der Waals surface area contributed by atoms with Gasteiger partial charge in [0.15, 0.2) is 0 Å². The van der Waals surface area contributed by atoms with E-state index in [0.717, 1.165) is 0 Å². The minimum absolute atomic E-state index is 0.252. The van der Waals surface area contributed by atoms with Gasteiger partial charge >= 0.3 is 14.2 Å². The Bertz CT molecular complexity index is 160. The van der Waals surface area contributed by atoms with Gasteiger partial charge < -0.3 is 4.74 Å². The van der Waals surface area contributed by atoms with Crippen LogP contribution in [0.5, 0.6) is 0 Å². The van der Waals surface area contributed by atoms with Crippen molar-refractivity contribution in [3.05, 3.63) is 0 Å². The molecule has 0 saturated carbocycles. The maximum absolute atomic E-state index is 10.6. The molecule has 12 heavy (non-hydrogen) atoms. The van der Waals surface area contributed by atoms with Crippen molar-refractivity contribution < 1.29 is 23.9 Å². The lowest BCUT2D eigenvalue weighted by atomic mass is 10.2. The largest absolute Gasteiger partial charge is 0.692 e. The summed E-state index contributed by atoms with van der Waals surface area (Å²) >= 11 is 3.13. The SMILES string of the molecule is COC(=O)C(C)(C)Br.O=[P+](O)O. The summed E-state index contributed by atoms with van der Waals surface area (Å²) in [6.45, 7) is 3.47. The van der Waals surface area contributed by atoms with E-state index in [0.29, 0.717) is 0 Å². The molecule has 0 amide bonds. The molecular weight excluding hydrogens is 251 g/mol. The first-order chi connectivity index (χ1) is 5.21. The van der Waals surface area contributed by atoms with Crippen LogP contribution in [0.25, 0.3) is 0 Å². The summed E-state index contributed by atoms with van der Waals surface area (Å²) in [4.78, 5) is 24.8. The second kappa shape index (κ2) is 6.48. The maximum atomic E-state index is 10.6. The van der Waals surface area contributed by atoms with Gasteiger partial charge in [0.25, 0.3) is 0 Å². The quantitative estimate of drug-likeness (QED) is 0.417. The lowest BCUT2D eigenvalue weighted by Crippen LogP contribution is -2.24. The number of methoxy groups -OCH3 is 1. The predicted molar refractivity (Wildman–Crippen MR) is 47.1 cm³/mol. The zero-order valence-corrected chi connectivity index (χ0v) is 9.42. The van der Waals surface area contributed by atoms with Crippen LogP contribution < -0.4 is 0 Å². The highest BCUT2D eigenvalue weighted by atomic mass is 79.9. The van der Waals surface area contributed by atoms with Crippen molar-refractivity contribution in [3.63, 3.8) is 0 Å². The van der Waals surface area contributed by atoms with Crippen LogP contribution in [0.2, 0.25) is 0 Å². The molecule has 0 bridgehead atoms. The molecule has 0 radical (unpaired) electrons. The Balaban J connectivity index is 0. The van der Waals surface area contributed by atoms with Crippen LogP contribution >= 0.6 is 24.2 Å². The second-order valence-corrected chi connectivity index (χ2v) is 4.70.